The standard InChI is InChI=1S/C34H26BNO3/c1-33(2)34(3,4)39-35(38-33)20-13-15-30-27(17-20)24-14-12-19-16-26-23-10-7-9-22-21-8-5-6-11-28(21)36(31(22)23)29(26)18-25(19)32(24)37-30/h5-18H,1-4H3. The number of rotatable bonds is 1. The summed E-state index contributed by atoms with van der Waals surface area (Å²) >= 11 is 0. The van der Waals surface area contributed by atoms with Crippen molar-refractivity contribution in [2.45, 2.75) is 38.9 Å². The molecule has 9 rings (SSSR count). The van der Waals surface area contributed by atoms with Crippen molar-refractivity contribution in [1.82, 2.24) is 4.40 Å². The quantitative estimate of drug-likeness (QED) is 0.210. The van der Waals surface area contributed by atoms with E-state index < -0.39 is 7.12 Å². The molecule has 0 spiro atoms. The number of furan rings is 1. The zero-order chi connectivity index (χ0) is 26.3. The largest absolute Gasteiger partial charge is 0.494 e. The van der Waals surface area contributed by atoms with E-state index in [0.717, 1.165) is 32.8 Å². The van der Waals surface area contributed by atoms with Gasteiger partial charge in [0, 0.05) is 37.7 Å². The van der Waals surface area contributed by atoms with E-state index in [2.05, 4.69) is 111 Å². The molecule has 5 heteroatoms. The van der Waals surface area contributed by atoms with E-state index in [1.807, 2.05) is 6.07 Å². The Kier molecular flexibility index (Phi) is 3.88. The summed E-state index contributed by atoms with van der Waals surface area (Å²) in [5.41, 5.74) is 5.77. The minimum atomic E-state index is -0.406. The Morgan fingerprint density at radius 1 is 0.590 bits per heavy atom. The second kappa shape index (κ2) is 6.92. The Labute approximate surface area is 225 Å². The zero-order valence-electron chi connectivity index (χ0n) is 22.3. The van der Waals surface area contributed by atoms with Gasteiger partial charge < -0.3 is 18.1 Å². The van der Waals surface area contributed by atoms with Gasteiger partial charge in [-0.05, 0) is 68.9 Å². The Morgan fingerprint density at radius 2 is 1.33 bits per heavy atom. The Hall–Kier alpha value is -4.06. The van der Waals surface area contributed by atoms with Crippen molar-refractivity contribution in [3.8, 4) is 0 Å². The molecule has 3 aromatic heterocycles. The highest BCUT2D eigenvalue weighted by atomic mass is 16.7. The van der Waals surface area contributed by atoms with Gasteiger partial charge in [0.05, 0.1) is 27.8 Å². The summed E-state index contributed by atoms with van der Waals surface area (Å²) in [5.74, 6) is 0. The van der Waals surface area contributed by atoms with Gasteiger partial charge >= 0.3 is 7.12 Å². The van der Waals surface area contributed by atoms with E-state index in [4.69, 9.17) is 13.7 Å². The van der Waals surface area contributed by atoms with Crippen LogP contribution in [0, 0.1) is 0 Å². The third-order valence-electron chi connectivity index (χ3n) is 9.34. The van der Waals surface area contributed by atoms with Gasteiger partial charge in [-0.25, -0.2) is 0 Å². The molecule has 0 N–H and O–H groups in total. The number of hydrogen-bond acceptors (Lipinski definition) is 3. The lowest BCUT2D eigenvalue weighted by Gasteiger charge is -2.32. The average molecular weight is 507 g/mol. The SMILES string of the molecule is CC1(C)OB(c2ccc3oc4c5cc6c(cc5ccc4c3c2)c2cccc3c4ccccc4n6c32)OC1(C)C. The van der Waals surface area contributed by atoms with Crippen LogP contribution in [0.25, 0.3) is 70.8 Å². The van der Waals surface area contributed by atoms with Gasteiger partial charge in [-0.2, -0.15) is 0 Å². The lowest BCUT2D eigenvalue weighted by Crippen LogP contribution is -2.41. The van der Waals surface area contributed by atoms with Gasteiger partial charge in [0.15, 0.2) is 0 Å². The van der Waals surface area contributed by atoms with E-state index in [1.165, 1.54) is 43.5 Å². The van der Waals surface area contributed by atoms with Gasteiger partial charge in [0.25, 0.3) is 0 Å². The first-order chi connectivity index (χ1) is 18.8. The van der Waals surface area contributed by atoms with Crippen molar-refractivity contribution in [2.75, 3.05) is 0 Å². The van der Waals surface area contributed by atoms with E-state index in [1.54, 1.807) is 0 Å². The zero-order valence-corrected chi connectivity index (χ0v) is 22.3. The topological polar surface area (TPSA) is 36.0 Å². The van der Waals surface area contributed by atoms with Crippen molar-refractivity contribution < 1.29 is 13.7 Å². The second-order valence-corrected chi connectivity index (χ2v) is 12.0. The smallest absolute Gasteiger partial charge is 0.455 e. The summed E-state index contributed by atoms with van der Waals surface area (Å²) < 4.78 is 21.7. The molecule has 1 aliphatic heterocycles. The molecule has 0 saturated carbocycles. The van der Waals surface area contributed by atoms with Crippen LogP contribution in [0.2, 0.25) is 0 Å². The molecule has 0 unspecified atom stereocenters. The van der Waals surface area contributed by atoms with E-state index in [0.29, 0.717) is 0 Å². The number of nitrogens with zero attached hydrogens (tertiary/aromatic N) is 1. The van der Waals surface area contributed by atoms with E-state index in [-0.39, 0.29) is 11.2 Å². The monoisotopic (exact) mass is 507 g/mol. The van der Waals surface area contributed by atoms with Crippen LogP contribution in [0.5, 0.6) is 0 Å². The van der Waals surface area contributed by atoms with Crippen LogP contribution >= 0.6 is 0 Å². The van der Waals surface area contributed by atoms with Crippen molar-refractivity contribution in [3.63, 3.8) is 0 Å². The summed E-state index contributed by atoms with van der Waals surface area (Å²) in [5, 5.41) is 9.64. The predicted octanol–water partition coefficient (Wildman–Crippen LogP) is 8.19. The van der Waals surface area contributed by atoms with Crippen LogP contribution in [0.1, 0.15) is 27.7 Å². The van der Waals surface area contributed by atoms with Crippen molar-refractivity contribution in [2.24, 2.45) is 0 Å². The summed E-state index contributed by atoms with van der Waals surface area (Å²) in [6.45, 7) is 8.35. The van der Waals surface area contributed by atoms with Gasteiger partial charge in [-0.1, -0.05) is 54.6 Å². The molecular formula is C34H26BNO3. The van der Waals surface area contributed by atoms with Crippen LogP contribution in [0.15, 0.2) is 89.3 Å². The summed E-state index contributed by atoms with van der Waals surface area (Å²) in [6.07, 6.45) is 0. The van der Waals surface area contributed by atoms with Crippen molar-refractivity contribution >= 4 is 83.4 Å². The van der Waals surface area contributed by atoms with Crippen molar-refractivity contribution in [3.05, 3.63) is 84.9 Å². The highest BCUT2D eigenvalue weighted by Crippen LogP contribution is 2.42. The molecule has 1 saturated heterocycles. The molecule has 1 aliphatic rings. The third kappa shape index (κ3) is 2.67. The first-order valence-electron chi connectivity index (χ1n) is 13.6. The summed E-state index contributed by atoms with van der Waals surface area (Å²) in [4.78, 5) is 0. The Bertz CT molecular complexity index is 2290. The fourth-order valence-electron chi connectivity index (χ4n) is 6.63. The van der Waals surface area contributed by atoms with E-state index in [9.17, 15) is 0 Å². The molecule has 4 heterocycles. The van der Waals surface area contributed by atoms with Crippen LogP contribution in [0.4, 0.5) is 0 Å². The Morgan fingerprint density at radius 3 is 2.15 bits per heavy atom. The molecule has 0 atom stereocenters. The number of para-hydroxylation sites is 2. The molecule has 0 bridgehead atoms. The van der Waals surface area contributed by atoms with Gasteiger partial charge in [0.2, 0.25) is 0 Å². The van der Waals surface area contributed by atoms with Crippen LogP contribution < -0.4 is 5.46 Å². The highest BCUT2D eigenvalue weighted by Gasteiger charge is 2.51. The molecule has 0 aliphatic carbocycles. The Balaban J connectivity index is 1.32. The lowest BCUT2D eigenvalue weighted by atomic mass is 9.78. The lowest BCUT2D eigenvalue weighted by molar-refractivity contribution is 0.00578. The molecule has 1 fully saturated rings. The first kappa shape index (κ1) is 21.8. The predicted molar refractivity (Wildman–Crippen MR) is 162 cm³/mol. The molecule has 188 valence electrons. The number of fused-ring (bicyclic) bond motifs is 11. The maximum atomic E-state index is 6.55. The molecule has 0 radical (unpaired) electrons. The molecule has 39 heavy (non-hydrogen) atoms. The fourth-order valence-corrected chi connectivity index (χ4v) is 6.63. The van der Waals surface area contributed by atoms with Crippen LogP contribution in [-0.2, 0) is 9.31 Å². The molecule has 0 amide bonds. The second-order valence-electron chi connectivity index (χ2n) is 12.0. The van der Waals surface area contributed by atoms with Gasteiger partial charge in [-0.15, -0.1) is 0 Å². The minimum Gasteiger partial charge on any atom is -0.455 e. The summed E-state index contributed by atoms with van der Waals surface area (Å²) in [6, 6.07) is 30.7. The molecular weight excluding hydrogens is 481 g/mol. The number of benzene rings is 5. The average Bonchev–Trinajstić information content (AvgIpc) is 3.62. The normalized spacial score (nSPS) is 17.4. The molecule has 4 nitrogen and oxygen atoms in total. The van der Waals surface area contributed by atoms with E-state index >= 15 is 0 Å². The van der Waals surface area contributed by atoms with Crippen LogP contribution in [-0.4, -0.2) is 22.7 Å². The first-order valence-corrected chi connectivity index (χ1v) is 13.6. The third-order valence-corrected chi connectivity index (χ3v) is 9.34. The molecule has 8 aromatic rings. The van der Waals surface area contributed by atoms with Crippen molar-refractivity contribution in [1.29, 1.82) is 0 Å². The highest BCUT2D eigenvalue weighted by molar-refractivity contribution is 6.62. The maximum absolute atomic E-state index is 6.55. The fraction of sp³-hybridized carbons (Fsp3) is 0.176. The minimum absolute atomic E-state index is 0.382. The summed E-state index contributed by atoms with van der Waals surface area (Å²) in [7, 11) is -0.406. The maximum Gasteiger partial charge on any atom is 0.494 e. The molecule has 5 aromatic carbocycles. The van der Waals surface area contributed by atoms with Crippen LogP contribution in [0.3, 0.4) is 0 Å². The van der Waals surface area contributed by atoms with Gasteiger partial charge in [-0.3, -0.25) is 0 Å². The van der Waals surface area contributed by atoms with Gasteiger partial charge in [0.1, 0.15) is 11.2 Å². The number of aromatic nitrogens is 1. The number of hydrogen-bond donors (Lipinski definition) is 0.